The number of nitrogens with zero attached hydrogens (tertiary/aromatic N) is 1. The molecule has 2 N–H and O–H groups in total. The van der Waals surface area contributed by atoms with Crippen LogP contribution in [0.4, 0.5) is 13.2 Å². The van der Waals surface area contributed by atoms with Crippen molar-refractivity contribution in [3.63, 3.8) is 0 Å². The van der Waals surface area contributed by atoms with Crippen LogP contribution in [-0.2, 0) is 12.7 Å². The molecule has 0 spiro atoms. The molecular weight excluding hydrogens is 273 g/mol. The van der Waals surface area contributed by atoms with Crippen molar-refractivity contribution in [1.29, 1.82) is 0 Å². The van der Waals surface area contributed by atoms with E-state index in [0.717, 1.165) is 25.2 Å². The molecule has 1 aromatic carbocycles. The van der Waals surface area contributed by atoms with E-state index in [0.29, 0.717) is 13.1 Å². The molecule has 1 heterocycles. The Kier molecular flexibility index (Phi) is 4.39. The molecule has 0 aliphatic carbocycles. The molecule has 1 saturated heterocycles. The minimum Gasteiger partial charge on any atom is -0.504 e. The number of methoxy groups -OCH3 is 1. The summed E-state index contributed by atoms with van der Waals surface area (Å²) >= 11 is 0. The lowest BCUT2D eigenvalue weighted by Crippen LogP contribution is -2.43. The summed E-state index contributed by atoms with van der Waals surface area (Å²) in [6, 6.07) is 2.09. The van der Waals surface area contributed by atoms with E-state index in [1.807, 2.05) is 4.90 Å². The average Bonchev–Trinajstić information content (AvgIpc) is 2.41. The number of benzene rings is 1. The zero-order valence-electron chi connectivity index (χ0n) is 11.1. The van der Waals surface area contributed by atoms with E-state index >= 15 is 0 Å². The van der Waals surface area contributed by atoms with E-state index < -0.39 is 17.5 Å². The molecule has 7 heteroatoms. The normalized spacial score (nSPS) is 17.2. The molecule has 0 radical (unpaired) electrons. The van der Waals surface area contributed by atoms with Crippen LogP contribution in [0.1, 0.15) is 11.1 Å². The van der Waals surface area contributed by atoms with Crippen molar-refractivity contribution in [1.82, 2.24) is 10.2 Å². The number of piperazine rings is 1. The van der Waals surface area contributed by atoms with Crippen molar-refractivity contribution >= 4 is 0 Å². The second kappa shape index (κ2) is 5.88. The first kappa shape index (κ1) is 14.9. The summed E-state index contributed by atoms with van der Waals surface area (Å²) < 4.78 is 44.0. The fraction of sp³-hybridized carbons (Fsp3) is 0.538. The Bertz CT molecular complexity index is 471. The van der Waals surface area contributed by atoms with Gasteiger partial charge in [0.05, 0.1) is 12.7 Å². The van der Waals surface area contributed by atoms with Crippen LogP contribution in [0.25, 0.3) is 0 Å². The summed E-state index contributed by atoms with van der Waals surface area (Å²) in [5.41, 5.74) is -0.937. The number of aromatic hydroxyl groups is 1. The average molecular weight is 290 g/mol. The zero-order valence-corrected chi connectivity index (χ0v) is 11.1. The number of hydrogen-bond donors (Lipinski definition) is 2. The van der Waals surface area contributed by atoms with E-state index in [9.17, 15) is 18.3 Å². The molecule has 0 aromatic heterocycles. The second-order valence-electron chi connectivity index (χ2n) is 4.67. The van der Waals surface area contributed by atoms with Gasteiger partial charge >= 0.3 is 6.18 Å². The third kappa shape index (κ3) is 3.16. The largest absolute Gasteiger partial charge is 0.504 e. The first-order valence-electron chi connectivity index (χ1n) is 6.32. The Balaban J connectivity index is 2.36. The smallest absolute Gasteiger partial charge is 0.416 e. The molecule has 2 rings (SSSR count). The van der Waals surface area contributed by atoms with E-state index in [-0.39, 0.29) is 17.9 Å². The maximum Gasteiger partial charge on any atom is 0.416 e. The van der Waals surface area contributed by atoms with Gasteiger partial charge in [-0.05, 0) is 12.1 Å². The highest BCUT2D eigenvalue weighted by Gasteiger charge is 2.35. The van der Waals surface area contributed by atoms with Gasteiger partial charge in [0.1, 0.15) is 0 Å². The van der Waals surface area contributed by atoms with Crippen LogP contribution < -0.4 is 10.1 Å². The lowest BCUT2D eigenvalue weighted by molar-refractivity contribution is -0.138. The van der Waals surface area contributed by atoms with Gasteiger partial charge in [0.15, 0.2) is 11.5 Å². The fourth-order valence-corrected chi connectivity index (χ4v) is 2.30. The number of alkyl halides is 3. The molecule has 1 aliphatic heterocycles. The van der Waals surface area contributed by atoms with Crippen molar-refractivity contribution in [3.8, 4) is 11.5 Å². The van der Waals surface area contributed by atoms with Crippen LogP contribution in [0.15, 0.2) is 12.1 Å². The van der Waals surface area contributed by atoms with Gasteiger partial charge in [-0.1, -0.05) is 0 Å². The minimum atomic E-state index is -4.49. The highest BCUT2D eigenvalue weighted by Crippen LogP contribution is 2.40. The van der Waals surface area contributed by atoms with Gasteiger partial charge in [-0.2, -0.15) is 13.2 Å². The second-order valence-corrected chi connectivity index (χ2v) is 4.67. The summed E-state index contributed by atoms with van der Waals surface area (Å²) in [4.78, 5) is 1.88. The molecule has 4 nitrogen and oxygen atoms in total. The van der Waals surface area contributed by atoms with Crippen LogP contribution in [0.3, 0.4) is 0 Å². The topological polar surface area (TPSA) is 44.7 Å². The Labute approximate surface area is 115 Å². The van der Waals surface area contributed by atoms with E-state index in [2.05, 4.69) is 5.32 Å². The van der Waals surface area contributed by atoms with Gasteiger partial charge in [-0.3, -0.25) is 4.90 Å². The number of rotatable bonds is 3. The fourth-order valence-electron chi connectivity index (χ4n) is 2.30. The summed E-state index contributed by atoms with van der Waals surface area (Å²) in [5, 5.41) is 13.1. The summed E-state index contributed by atoms with van der Waals surface area (Å²) in [7, 11) is 1.32. The third-order valence-corrected chi connectivity index (χ3v) is 3.36. The lowest BCUT2D eigenvalue weighted by atomic mass is 10.0. The third-order valence-electron chi connectivity index (χ3n) is 3.36. The SMILES string of the molecule is COc1ccc(C(F)(F)F)c(CN2CCNCC2)c1O. The first-order valence-corrected chi connectivity index (χ1v) is 6.32. The molecule has 1 fully saturated rings. The van der Waals surface area contributed by atoms with Gasteiger partial charge in [0, 0.05) is 38.3 Å². The van der Waals surface area contributed by atoms with Crippen LogP contribution in [-0.4, -0.2) is 43.3 Å². The highest BCUT2D eigenvalue weighted by atomic mass is 19.4. The maximum atomic E-state index is 13.0. The zero-order chi connectivity index (χ0) is 14.8. The van der Waals surface area contributed by atoms with Crippen molar-refractivity contribution in [3.05, 3.63) is 23.3 Å². The van der Waals surface area contributed by atoms with Gasteiger partial charge < -0.3 is 15.2 Å². The summed E-state index contributed by atoms with van der Waals surface area (Å²) in [6.45, 7) is 2.81. The van der Waals surface area contributed by atoms with Gasteiger partial charge in [0.25, 0.3) is 0 Å². The van der Waals surface area contributed by atoms with Gasteiger partial charge in [0.2, 0.25) is 0 Å². The van der Waals surface area contributed by atoms with E-state index in [1.54, 1.807) is 0 Å². The molecule has 0 atom stereocenters. The number of nitrogens with one attached hydrogen (secondary N) is 1. The number of phenolic OH excluding ortho intramolecular Hbond substituents is 1. The molecular formula is C13H17F3N2O2. The van der Waals surface area contributed by atoms with E-state index in [4.69, 9.17) is 4.74 Å². The van der Waals surface area contributed by atoms with Crippen LogP contribution in [0.2, 0.25) is 0 Å². The summed E-state index contributed by atoms with van der Waals surface area (Å²) in [6.07, 6.45) is -4.49. The van der Waals surface area contributed by atoms with Gasteiger partial charge in [-0.25, -0.2) is 0 Å². The molecule has 112 valence electrons. The quantitative estimate of drug-likeness (QED) is 0.891. The van der Waals surface area contributed by atoms with Crippen molar-refractivity contribution in [2.45, 2.75) is 12.7 Å². The Hall–Kier alpha value is -1.47. The standard InChI is InChI=1S/C13H17F3N2O2/c1-20-11-3-2-10(13(14,15)16)9(12(11)19)8-18-6-4-17-5-7-18/h2-3,17,19H,4-8H2,1H3. The molecule has 1 aliphatic rings. The predicted molar refractivity (Wildman–Crippen MR) is 67.8 cm³/mol. The van der Waals surface area contributed by atoms with E-state index in [1.165, 1.54) is 7.11 Å². The lowest BCUT2D eigenvalue weighted by Gasteiger charge is -2.28. The Morgan fingerprint density at radius 2 is 1.95 bits per heavy atom. The molecule has 20 heavy (non-hydrogen) atoms. The van der Waals surface area contributed by atoms with Crippen LogP contribution in [0, 0.1) is 0 Å². The predicted octanol–water partition coefficient (Wildman–Crippen LogP) is 1.82. The molecule has 0 saturated carbocycles. The number of hydrogen-bond acceptors (Lipinski definition) is 4. The highest BCUT2D eigenvalue weighted by molar-refractivity contribution is 5.50. The minimum absolute atomic E-state index is 0.0551. The Morgan fingerprint density at radius 3 is 2.50 bits per heavy atom. The molecule has 1 aromatic rings. The number of ether oxygens (including phenoxy) is 1. The molecule has 0 bridgehead atoms. The van der Waals surface area contributed by atoms with Crippen molar-refractivity contribution < 1.29 is 23.0 Å². The molecule has 0 amide bonds. The monoisotopic (exact) mass is 290 g/mol. The number of halogens is 3. The van der Waals surface area contributed by atoms with Crippen LogP contribution in [0.5, 0.6) is 11.5 Å². The van der Waals surface area contributed by atoms with Gasteiger partial charge in [-0.15, -0.1) is 0 Å². The molecule has 0 unspecified atom stereocenters. The van der Waals surface area contributed by atoms with Crippen molar-refractivity contribution in [2.75, 3.05) is 33.3 Å². The number of phenols is 1. The van der Waals surface area contributed by atoms with Crippen molar-refractivity contribution in [2.24, 2.45) is 0 Å². The Morgan fingerprint density at radius 1 is 1.30 bits per heavy atom. The van der Waals surface area contributed by atoms with Crippen LogP contribution >= 0.6 is 0 Å². The summed E-state index contributed by atoms with van der Waals surface area (Å²) in [5.74, 6) is -0.371. The first-order chi connectivity index (χ1) is 9.43. The maximum absolute atomic E-state index is 13.0.